The molecule has 0 aromatic heterocycles. The van der Waals surface area contributed by atoms with Crippen LogP contribution in [-0.2, 0) is 4.74 Å². The van der Waals surface area contributed by atoms with Gasteiger partial charge in [-0.2, -0.15) is 57.1 Å². The van der Waals surface area contributed by atoms with Gasteiger partial charge in [0, 0.05) is 0 Å². The largest absolute Gasteiger partial charge is 0.459 e. The summed E-state index contributed by atoms with van der Waals surface area (Å²) in [6.07, 6.45) is -21.9. The van der Waals surface area contributed by atoms with E-state index >= 15 is 0 Å². The zero-order valence-electron chi connectivity index (χ0n) is 9.20. The highest BCUT2D eigenvalue weighted by atomic mass is 19.4. The molecule has 1 fully saturated rings. The van der Waals surface area contributed by atoms with Gasteiger partial charge in [-0.15, -0.1) is 0 Å². The maximum Gasteiger partial charge on any atom is 0.459 e. The second-order valence-electron chi connectivity index (χ2n) is 4.02. The molecular weight excluding hydrogens is 366 g/mol. The Morgan fingerprint density at radius 1 is 0.636 bits per heavy atom. The molecule has 0 aliphatic carbocycles. The Bertz CT molecular complexity index is 461. The minimum absolute atomic E-state index is 1.67. The van der Waals surface area contributed by atoms with Gasteiger partial charge >= 0.3 is 41.8 Å². The van der Waals surface area contributed by atoms with Crippen molar-refractivity contribution in [3.8, 4) is 0 Å². The van der Waals surface area contributed by atoms with Crippen molar-refractivity contribution in [1.29, 1.82) is 0 Å². The zero-order chi connectivity index (χ0) is 18.2. The molecule has 0 N–H and O–H groups in total. The molecule has 1 heterocycles. The van der Waals surface area contributed by atoms with Gasteiger partial charge < -0.3 is 0 Å². The summed E-state index contributed by atoms with van der Waals surface area (Å²) in [5, 5.41) is 0. The predicted octanol–water partition coefficient (Wildman–Crippen LogP) is 4.38. The van der Waals surface area contributed by atoms with E-state index in [1.54, 1.807) is 4.74 Å². The van der Waals surface area contributed by atoms with Gasteiger partial charge in [0.05, 0.1) is 0 Å². The molecule has 1 aliphatic rings. The fourth-order valence-corrected chi connectivity index (χ4v) is 1.50. The van der Waals surface area contributed by atoms with Gasteiger partial charge in [0.15, 0.2) is 0 Å². The molecule has 0 bridgehead atoms. The molecule has 1 nitrogen and oxygen atoms in total. The van der Waals surface area contributed by atoms with Crippen LogP contribution in [-0.4, -0.2) is 41.8 Å². The summed E-state index contributed by atoms with van der Waals surface area (Å²) in [4.78, 5) is 0. The van der Waals surface area contributed by atoms with Crippen LogP contribution in [0.15, 0.2) is 0 Å². The lowest BCUT2D eigenvalue weighted by molar-refractivity contribution is -0.431. The maximum absolute atomic E-state index is 13.2. The van der Waals surface area contributed by atoms with Gasteiger partial charge in [-0.3, -0.25) is 4.74 Å². The Labute approximate surface area is 109 Å². The molecule has 1 aliphatic heterocycles. The summed E-state index contributed by atoms with van der Waals surface area (Å²) < 4.78 is 176. The van der Waals surface area contributed by atoms with E-state index in [0.29, 0.717) is 0 Å². The monoisotopic (exact) mass is 366 g/mol. The highest BCUT2D eigenvalue weighted by molar-refractivity contribution is 5.21. The topological polar surface area (TPSA) is 9.23 Å². The van der Waals surface area contributed by atoms with E-state index in [0.717, 1.165) is 0 Å². The standard InChI is InChI=1S/C7F14O/c8-1(5(14,15)16)2(9,10)4(13,22-7(1,20)21)3(11,12)6(17,18)19/t1-,4+/m1/s1. The van der Waals surface area contributed by atoms with Crippen LogP contribution in [0.1, 0.15) is 0 Å². The fourth-order valence-electron chi connectivity index (χ4n) is 1.50. The Hall–Kier alpha value is -1.02. The molecule has 0 unspecified atom stereocenters. The third-order valence-corrected chi connectivity index (χ3v) is 2.66. The quantitative estimate of drug-likeness (QED) is 0.626. The van der Waals surface area contributed by atoms with E-state index in [1.807, 2.05) is 0 Å². The minimum atomic E-state index is -7.64. The molecule has 0 spiro atoms. The van der Waals surface area contributed by atoms with Gasteiger partial charge in [-0.1, -0.05) is 0 Å². The van der Waals surface area contributed by atoms with Crippen LogP contribution in [0.4, 0.5) is 61.5 Å². The van der Waals surface area contributed by atoms with E-state index in [4.69, 9.17) is 0 Å². The Balaban J connectivity index is 3.72. The van der Waals surface area contributed by atoms with E-state index in [-0.39, 0.29) is 0 Å². The van der Waals surface area contributed by atoms with Crippen molar-refractivity contribution < 1.29 is 66.2 Å². The van der Waals surface area contributed by atoms with Crippen molar-refractivity contribution in [2.45, 2.75) is 41.8 Å². The van der Waals surface area contributed by atoms with Gasteiger partial charge in [0.25, 0.3) is 0 Å². The molecular formula is C7F14O. The maximum atomic E-state index is 13.2. The lowest BCUT2D eigenvalue weighted by Gasteiger charge is -2.35. The molecule has 1 saturated heterocycles. The van der Waals surface area contributed by atoms with E-state index < -0.39 is 41.8 Å². The van der Waals surface area contributed by atoms with Crippen LogP contribution < -0.4 is 0 Å². The molecule has 22 heavy (non-hydrogen) atoms. The normalized spacial score (nSPS) is 35.7. The van der Waals surface area contributed by atoms with Crippen LogP contribution in [0.5, 0.6) is 0 Å². The number of alkyl halides is 14. The molecule has 2 atom stereocenters. The van der Waals surface area contributed by atoms with Crippen LogP contribution >= 0.6 is 0 Å². The number of hydrogen-bond acceptors (Lipinski definition) is 1. The summed E-state index contributed by atoms with van der Waals surface area (Å²) in [7, 11) is 0. The van der Waals surface area contributed by atoms with E-state index in [1.165, 1.54) is 0 Å². The smallest absolute Gasteiger partial charge is 0.269 e. The highest BCUT2D eigenvalue weighted by Gasteiger charge is 3.02. The molecule has 0 amide bonds. The van der Waals surface area contributed by atoms with Crippen LogP contribution in [0.3, 0.4) is 0 Å². The summed E-state index contributed by atoms with van der Waals surface area (Å²) in [6.45, 7) is 0. The first-order valence-electron chi connectivity index (χ1n) is 4.55. The first-order chi connectivity index (χ1) is 9.21. The zero-order valence-corrected chi connectivity index (χ0v) is 9.20. The minimum Gasteiger partial charge on any atom is -0.269 e. The Kier molecular flexibility index (Phi) is 3.53. The second kappa shape index (κ2) is 4.08. The molecule has 1 rings (SSSR count). The van der Waals surface area contributed by atoms with Gasteiger partial charge in [0.1, 0.15) is 0 Å². The number of halogens is 14. The molecule has 0 radical (unpaired) electrons. The average molecular weight is 366 g/mol. The van der Waals surface area contributed by atoms with Crippen molar-refractivity contribution in [2.24, 2.45) is 0 Å². The SMILES string of the molecule is FC(F)(F)C(F)(F)[C@@]1(F)OC(F)(F)[C@](F)(C(F)(F)F)C1(F)F. The summed E-state index contributed by atoms with van der Waals surface area (Å²) in [5.74, 6) is -22.6. The summed E-state index contributed by atoms with van der Waals surface area (Å²) in [6, 6.07) is 0. The van der Waals surface area contributed by atoms with Gasteiger partial charge in [-0.25, -0.2) is 4.39 Å². The molecule has 0 saturated carbocycles. The summed E-state index contributed by atoms with van der Waals surface area (Å²) in [5.41, 5.74) is -7.46. The number of ether oxygens (including phenoxy) is 1. The molecule has 132 valence electrons. The lowest BCUT2D eigenvalue weighted by atomic mass is 9.90. The van der Waals surface area contributed by atoms with Crippen molar-refractivity contribution >= 4 is 0 Å². The highest BCUT2D eigenvalue weighted by Crippen LogP contribution is 2.69. The first kappa shape index (κ1) is 19.0. The van der Waals surface area contributed by atoms with Crippen LogP contribution in [0.25, 0.3) is 0 Å². The second-order valence-corrected chi connectivity index (χ2v) is 4.02. The molecule has 0 aromatic carbocycles. The van der Waals surface area contributed by atoms with Crippen molar-refractivity contribution in [1.82, 2.24) is 0 Å². The Morgan fingerprint density at radius 3 is 1.23 bits per heavy atom. The van der Waals surface area contributed by atoms with Gasteiger partial charge in [0.2, 0.25) is 0 Å². The van der Waals surface area contributed by atoms with E-state index in [2.05, 4.69) is 0 Å². The lowest BCUT2D eigenvalue weighted by Crippen LogP contribution is -2.69. The number of rotatable bonds is 1. The van der Waals surface area contributed by atoms with Crippen molar-refractivity contribution in [3.63, 3.8) is 0 Å². The Morgan fingerprint density at radius 2 is 1.00 bits per heavy atom. The number of hydrogen-bond donors (Lipinski definition) is 0. The first-order valence-corrected chi connectivity index (χ1v) is 4.55. The third-order valence-electron chi connectivity index (χ3n) is 2.66. The van der Waals surface area contributed by atoms with Crippen molar-refractivity contribution in [3.05, 3.63) is 0 Å². The molecule has 15 heteroatoms. The average Bonchev–Trinajstić information content (AvgIpc) is 2.33. The fraction of sp³-hybridized carbons (Fsp3) is 1.00. The van der Waals surface area contributed by atoms with Crippen molar-refractivity contribution in [2.75, 3.05) is 0 Å². The van der Waals surface area contributed by atoms with Crippen LogP contribution in [0, 0.1) is 0 Å². The van der Waals surface area contributed by atoms with E-state index in [9.17, 15) is 61.5 Å². The van der Waals surface area contributed by atoms with Gasteiger partial charge in [-0.05, 0) is 0 Å². The molecule has 0 aromatic rings. The summed E-state index contributed by atoms with van der Waals surface area (Å²) >= 11 is 0. The predicted molar refractivity (Wildman–Crippen MR) is 35.7 cm³/mol. The third kappa shape index (κ3) is 1.76. The van der Waals surface area contributed by atoms with Crippen LogP contribution in [0.2, 0.25) is 0 Å².